The summed E-state index contributed by atoms with van der Waals surface area (Å²) >= 11 is 5.06. The average Bonchev–Trinajstić information content (AvgIpc) is 2.88. The number of carbonyl (C=O) groups excluding carboxylic acids is 1. The fourth-order valence-corrected chi connectivity index (χ4v) is 3.15. The molecule has 1 aliphatic heterocycles. The van der Waals surface area contributed by atoms with Gasteiger partial charge in [-0.25, -0.2) is 0 Å². The minimum Gasteiger partial charge on any atom is -0.392 e. The van der Waals surface area contributed by atoms with Gasteiger partial charge < -0.3 is 10.6 Å². The van der Waals surface area contributed by atoms with Gasteiger partial charge in [0.15, 0.2) is 0 Å². The lowest BCUT2D eigenvalue weighted by molar-refractivity contribution is -0.139. The van der Waals surface area contributed by atoms with E-state index in [4.69, 9.17) is 18.0 Å². The van der Waals surface area contributed by atoms with E-state index >= 15 is 0 Å². The molecule has 1 heterocycles. The lowest BCUT2D eigenvalue weighted by atomic mass is 9.85. The highest BCUT2D eigenvalue weighted by Gasteiger charge is 2.46. The molecule has 2 aliphatic rings. The van der Waals surface area contributed by atoms with Crippen molar-refractivity contribution in [3.05, 3.63) is 0 Å². The molecule has 3 atom stereocenters. The van der Waals surface area contributed by atoms with Crippen LogP contribution in [0, 0.1) is 11.3 Å². The number of carbonyl (C=O) groups is 1. The Labute approximate surface area is 102 Å². The Morgan fingerprint density at radius 1 is 1.56 bits per heavy atom. The molecule has 2 N–H and O–H groups in total. The second kappa shape index (κ2) is 3.99. The van der Waals surface area contributed by atoms with Crippen molar-refractivity contribution >= 4 is 23.1 Å². The van der Waals surface area contributed by atoms with Crippen LogP contribution in [0.2, 0.25) is 0 Å². The molecule has 1 saturated carbocycles. The molecule has 2 bridgehead atoms. The van der Waals surface area contributed by atoms with Gasteiger partial charge in [-0.2, -0.15) is 0 Å². The van der Waals surface area contributed by atoms with Crippen molar-refractivity contribution in [1.82, 2.24) is 4.90 Å². The minimum atomic E-state index is -0.639. The van der Waals surface area contributed by atoms with Crippen LogP contribution in [0.4, 0.5) is 0 Å². The second-order valence-electron chi connectivity index (χ2n) is 5.34. The van der Waals surface area contributed by atoms with Crippen LogP contribution in [0.1, 0.15) is 39.5 Å². The number of hydrogen-bond donors (Lipinski definition) is 1. The molecule has 1 saturated heterocycles. The van der Waals surface area contributed by atoms with Gasteiger partial charge >= 0.3 is 0 Å². The third kappa shape index (κ3) is 1.63. The molecular weight excluding hydrogens is 220 g/mol. The van der Waals surface area contributed by atoms with Crippen molar-refractivity contribution in [2.75, 3.05) is 6.54 Å². The van der Waals surface area contributed by atoms with Gasteiger partial charge in [-0.3, -0.25) is 4.79 Å². The van der Waals surface area contributed by atoms with Gasteiger partial charge in [-0.05, 0) is 38.5 Å². The maximum absolute atomic E-state index is 12.5. The normalized spacial score (nSPS) is 31.5. The van der Waals surface area contributed by atoms with Crippen LogP contribution >= 0.6 is 12.2 Å². The Kier molecular flexibility index (Phi) is 2.95. The number of likely N-dealkylation sites (tertiary alicyclic amines) is 1. The van der Waals surface area contributed by atoms with Crippen molar-refractivity contribution in [2.45, 2.75) is 45.6 Å². The van der Waals surface area contributed by atoms with Crippen LogP contribution in [-0.2, 0) is 4.79 Å². The van der Waals surface area contributed by atoms with E-state index in [1.807, 2.05) is 18.7 Å². The summed E-state index contributed by atoms with van der Waals surface area (Å²) in [6, 6.07) is 0.456. The van der Waals surface area contributed by atoms with E-state index in [-0.39, 0.29) is 5.91 Å². The zero-order valence-electron chi connectivity index (χ0n) is 10.0. The van der Waals surface area contributed by atoms with Crippen LogP contribution in [0.25, 0.3) is 0 Å². The van der Waals surface area contributed by atoms with Crippen molar-refractivity contribution in [3.8, 4) is 0 Å². The van der Waals surface area contributed by atoms with E-state index in [9.17, 15) is 4.79 Å². The summed E-state index contributed by atoms with van der Waals surface area (Å²) < 4.78 is 0. The maximum Gasteiger partial charge on any atom is 0.235 e. The predicted molar refractivity (Wildman–Crippen MR) is 68.0 cm³/mol. The fourth-order valence-electron chi connectivity index (χ4n) is 2.92. The van der Waals surface area contributed by atoms with Gasteiger partial charge in [0.25, 0.3) is 0 Å². The van der Waals surface area contributed by atoms with Crippen LogP contribution in [-0.4, -0.2) is 28.4 Å². The Hall–Kier alpha value is -0.640. The van der Waals surface area contributed by atoms with E-state index in [2.05, 4.69) is 0 Å². The zero-order chi connectivity index (χ0) is 11.9. The number of fused-ring (bicyclic) bond motifs is 2. The Morgan fingerprint density at radius 3 is 2.62 bits per heavy atom. The van der Waals surface area contributed by atoms with Gasteiger partial charge in [0.2, 0.25) is 5.91 Å². The van der Waals surface area contributed by atoms with Crippen LogP contribution < -0.4 is 5.73 Å². The molecule has 0 spiro atoms. The molecule has 16 heavy (non-hydrogen) atoms. The highest BCUT2D eigenvalue weighted by atomic mass is 32.1. The van der Waals surface area contributed by atoms with Gasteiger partial charge in [0.05, 0.1) is 10.4 Å². The first-order valence-corrected chi connectivity index (χ1v) is 6.51. The highest BCUT2D eigenvalue weighted by molar-refractivity contribution is 7.80. The van der Waals surface area contributed by atoms with Gasteiger partial charge in [-0.1, -0.05) is 19.1 Å². The van der Waals surface area contributed by atoms with E-state index < -0.39 is 5.41 Å². The summed E-state index contributed by atoms with van der Waals surface area (Å²) in [5.41, 5.74) is 5.09. The molecule has 0 aromatic carbocycles. The summed E-state index contributed by atoms with van der Waals surface area (Å²) in [5.74, 6) is 0.871. The monoisotopic (exact) mass is 240 g/mol. The lowest BCUT2D eigenvalue weighted by Crippen LogP contribution is -2.51. The zero-order valence-corrected chi connectivity index (χ0v) is 10.8. The van der Waals surface area contributed by atoms with Gasteiger partial charge in [-0.15, -0.1) is 0 Å². The number of amides is 1. The summed E-state index contributed by atoms with van der Waals surface area (Å²) in [6.45, 7) is 4.77. The quantitative estimate of drug-likeness (QED) is 0.764. The molecule has 90 valence electrons. The van der Waals surface area contributed by atoms with Crippen LogP contribution in [0.3, 0.4) is 0 Å². The predicted octanol–water partition coefficient (Wildman–Crippen LogP) is 1.70. The van der Waals surface area contributed by atoms with Crippen molar-refractivity contribution in [1.29, 1.82) is 0 Å². The molecule has 0 aromatic rings. The largest absolute Gasteiger partial charge is 0.392 e. The van der Waals surface area contributed by atoms with Gasteiger partial charge in [0, 0.05) is 12.6 Å². The molecule has 0 aromatic heterocycles. The first-order valence-electron chi connectivity index (χ1n) is 6.10. The SMILES string of the molecule is CCC(C)(C(=O)N1CC2CCC1C2)C(N)=S. The van der Waals surface area contributed by atoms with E-state index in [0.717, 1.165) is 18.9 Å². The van der Waals surface area contributed by atoms with Crippen LogP contribution in [0.15, 0.2) is 0 Å². The molecule has 0 radical (unpaired) electrons. The molecule has 3 nitrogen and oxygen atoms in total. The first-order chi connectivity index (χ1) is 7.49. The Morgan fingerprint density at radius 2 is 2.25 bits per heavy atom. The summed E-state index contributed by atoms with van der Waals surface area (Å²) in [6.07, 6.45) is 4.32. The van der Waals surface area contributed by atoms with Crippen LogP contribution in [0.5, 0.6) is 0 Å². The molecule has 2 rings (SSSR count). The number of nitrogens with two attached hydrogens (primary N) is 1. The topological polar surface area (TPSA) is 46.3 Å². The third-order valence-corrected chi connectivity index (χ3v) is 4.84. The standard InChI is InChI=1S/C12H20N2OS/c1-3-12(2,10(13)16)11(15)14-7-8-4-5-9(14)6-8/h8-9H,3-7H2,1-2H3,(H2,13,16). The summed E-state index contributed by atoms with van der Waals surface area (Å²) in [7, 11) is 0. The molecule has 4 heteroatoms. The smallest absolute Gasteiger partial charge is 0.235 e. The lowest BCUT2D eigenvalue weighted by Gasteiger charge is -2.35. The first kappa shape index (κ1) is 11.8. The molecular formula is C12H20N2OS. The number of hydrogen-bond acceptors (Lipinski definition) is 2. The summed E-state index contributed by atoms with van der Waals surface area (Å²) in [4.78, 5) is 14.8. The maximum atomic E-state index is 12.5. The number of piperidine rings is 1. The fraction of sp³-hybridized carbons (Fsp3) is 0.833. The Balaban J connectivity index is 2.15. The number of nitrogens with zero attached hydrogens (tertiary/aromatic N) is 1. The molecule has 3 unspecified atom stereocenters. The molecule has 1 aliphatic carbocycles. The van der Waals surface area contributed by atoms with E-state index in [0.29, 0.717) is 17.5 Å². The van der Waals surface area contributed by atoms with Crippen molar-refractivity contribution in [2.24, 2.45) is 17.1 Å². The van der Waals surface area contributed by atoms with Gasteiger partial charge in [0.1, 0.15) is 0 Å². The molecule has 1 amide bonds. The Bertz CT molecular complexity index is 331. The summed E-state index contributed by atoms with van der Waals surface area (Å²) in [5, 5.41) is 0. The second-order valence-corrected chi connectivity index (χ2v) is 5.78. The highest BCUT2D eigenvalue weighted by Crippen LogP contribution is 2.40. The average molecular weight is 240 g/mol. The van der Waals surface area contributed by atoms with Crippen molar-refractivity contribution in [3.63, 3.8) is 0 Å². The number of rotatable bonds is 3. The van der Waals surface area contributed by atoms with Crippen molar-refractivity contribution < 1.29 is 4.79 Å². The molecule has 2 fully saturated rings. The number of thiocarbonyl (C=S) groups is 1. The third-order valence-electron chi connectivity index (χ3n) is 4.39. The van der Waals surface area contributed by atoms with E-state index in [1.54, 1.807) is 0 Å². The minimum absolute atomic E-state index is 0.148. The van der Waals surface area contributed by atoms with E-state index in [1.165, 1.54) is 12.8 Å².